The van der Waals surface area contributed by atoms with Crippen molar-refractivity contribution in [3.63, 3.8) is 0 Å². The minimum Gasteiger partial charge on any atom is -0.536 e. The Labute approximate surface area is 95.8 Å². The molecule has 0 saturated heterocycles. The van der Waals surface area contributed by atoms with Crippen LogP contribution in [0, 0.1) is 0 Å². The molecule has 0 spiro atoms. The van der Waals surface area contributed by atoms with Gasteiger partial charge >= 0.3 is 7.12 Å². The first kappa shape index (κ1) is 11.1. The third-order valence-electron chi connectivity index (χ3n) is 2.42. The van der Waals surface area contributed by atoms with Gasteiger partial charge in [-0.05, 0) is 44.4 Å². The van der Waals surface area contributed by atoms with Gasteiger partial charge in [-0.3, -0.25) is 0 Å². The average molecular weight is 218 g/mol. The van der Waals surface area contributed by atoms with Crippen molar-refractivity contribution in [1.82, 2.24) is 0 Å². The Morgan fingerprint density at radius 1 is 1.19 bits per heavy atom. The summed E-state index contributed by atoms with van der Waals surface area (Å²) < 4.78 is 11.4. The molecule has 2 rings (SSSR count). The van der Waals surface area contributed by atoms with Crippen molar-refractivity contribution in [1.29, 1.82) is 0 Å². The number of allylic oxidation sites excluding steroid dienone is 1. The number of phenolic OH excluding ortho intramolecular Hbond substituents is 1. The molecule has 1 aliphatic rings. The fourth-order valence-corrected chi connectivity index (χ4v) is 1.79. The summed E-state index contributed by atoms with van der Waals surface area (Å²) in [4.78, 5) is 0. The summed E-state index contributed by atoms with van der Waals surface area (Å²) >= 11 is 0. The highest BCUT2D eigenvalue weighted by atomic mass is 16.6. The topological polar surface area (TPSA) is 38.7 Å². The van der Waals surface area contributed by atoms with Crippen LogP contribution in [0.1, 0.15) is 20.8 Å². The van der Waals surface area contributed by atoms with Crippen LogP contribution >= 0.6 is 0 Å². The third kappa shape index (κ3) is 2.39. The van der Waals surface area contributed by atoms with E-state index in [-0.39, 0.29) is 11.4 Å². The van der Waals surface area contributed by atoms with Gasteiger partial charge in [-0.25, -0.2) is 0 Å². The van der Waals surface area contributed by atoms with E-state index in [4.69, 9.17) is 9.31 Å². The fraction of sp³-hybridized carbons (Fsp3) is 0.333. The van der Waals surface area contributed by atoms with Crippen LogP contribution in [0.25, 0.3) is 0 Å². The van der Waals surface area contributed by atoms with Gasteiger partial charge in [-0.1, -0.05) is 12.1 Å². The zero-order valence-corrected chi connectivity index (χ0v) is 9.73. The van der Waals surface area contributed by atoms with E-state index in [1.165, 1.54) is 0 Å². The van der Waals surface area contributed by atoms with Gasteiger partial charge < -0.3 is 14.4 Å². The van der Waals surface area contributed by atoms with Crippen LogP contribution in [-0.4, -0.2) is 17.8 Å². The molecule has 0 radical (unpaired) electrons. The van der Waals surface area contributed by atoms with Crippen LogP contribution in [0.4, 0.5) is 0 Å². The quantitative estimate of drug-likeness (QED) is 0.730. The molecule has 1 N–H and O–H groups in total. The van der Waals surface area contributed by atoms with E-state index in [9.17, 15) is 5.11 Å². The first-order valence-electron chi connectivity index (χ1n) is 5.29. The summed E-state index contributed by atoms with van der Waals surface area (Å²) in [6.07, 6.45) is 1.95. The highest BCUT2D eigenvalue weighted by Gasteiger charge is 2.34. The maximum atomic E-state index is 9.22. The van der Waals surface area contributed by atoms with Gasteiger partial charge in [0.2, 0.25) is 0 Å². The highest BCUT2D eigenvalue weighted by Crippen LogP contribution is 2.22. The van der Waals surface area contributed by atoms with Gasteiger partial charge in [0, 0.05) is 0 Å². The number of hydrogen-bond donors (Lipinski definition) is 1. The Kier molecular flexibility index (Phi) is 2.68. The second kappa shape index (κ2) is 3.87. The Morgan fingerprint density at radius 3 is 2.38 bits per heavy atom. The SMILES string of the molecule is CC1=CC(C)(C)OB(c2ccc(O)cc2)O1. The largest absolute Gasteiger partial charge is 0.563 e. The number of aromatic hydroxyl groups is 1. The average Bonchev–Trinajstić information content (AvgIpc) is 2.15. The Balaban J connectivity index is 2.24. The Hall–Kier alpha value is -1.42. The minimum absolute atomic E-state index is 0.242. The van der Waals surface area contributed by atoms with Gasteiger partial charge in [0.25, 0.3) is 0 Å². The molecule has 84 valence electrons. The van der Waals surface area contributed by atoms with Gasteiger partial charge in [-0.15, -0.1) is 0 Å². The summed E-state index contributed by atoms with van der Waals surface area (Å²) in [5, 5.41) is 9.22. The van der Waals surface area contributed by atoms with E-state index in [0.717, 1.165) is 11.2 Å². The van der Waals surface area contributed by atoms with Gasteiger partial charge in [0.1, 0.15) is 5.75 Å². The summed E-state index contributed by atoms with van der Waals surface area (Å²) in [6.45, 7) is 5.90. The standard InChI is InChI=1S/C12H15BO3/c1-9-8-12(2,3)16-13(15-9)10-4-6-11(14)7-5-10/h4-8,14H,1-3H3. The first-order chi connectivity index (χ1) is 7.46. The maximum Gasteiger partial charge on any atom is 0.563 e. The lowest BCUT2D eigenvalue weighted by Crippen LogP contribution is -2.45. The molecule has 0 aliphatic carbocycles. The molecule has 1 heterocycles. The molecule has 0 bridgehead atoms. The van der Waals surface area contributed by atoms with Crippen molar-refractivity contribution in [3.05, 3.63) is 36.1 Å². The second-order valence-corrected chi connectivity index (χ2v) is 4.52. The summed E-state index contributed by atoms with van der Waals surface area (Å²) in [5.74, 6) is 1.10. The van der Waals surface area contributed by atoms with Gasteiger partial charge in [-0.2, -0.15) is 0 Å². The van der Waals surface area contributed by atoms with E-state index < -0.39 is 7.12 Å². The van der Waals surface area contributed by atoms with Crippen LogP contribution in [0.3, 0.4) is 0 Å². The van der Waals surface area contributed by atoms with Crippen molar-refractivity contribution < 1.29 is 14.4 Å². The predicted octanol–water partition coefficient (Wildman–Crippen LogP) is 1.82. The van der Waals surface area contributed by atoms with Crippen LogP contribution in [0.2, 0.25) is 0 Å². The molecule has 0 saturated carbocycles. The second-order valence-electron chi connectivity index (χ2n) is 4.52. The molecule has 1 aromatic rings. The molecule has 0 fully saturated rings. The summed E-state index contributed by atoms with van der Waals surface area (Å²) in [7, 11) is -0.402. The monoisotopic (exact) mass is 218 g/mol. The van der Waals surface area contributed by atoms with Crippen molar-refractivity contribution in [2.24, 2.45) is 0 Å². The predicted molar refractivity (Wildman–Crippen MR) is 63.5 cm³/mol. The molecule has 1 aromatic carbocycles. The maximum absolute atomic E-state index is 9.22. The van der Waals surface area contributed by atoms with Crippen LogP contribution in [0.5, 0.6) is 5.75 Å². The summed E-state index contributed by atoms with van der Waals surface area (Å²) in [5.41, 5.74) is 0.573. The minimum atomic E-state index is -0.402. The van der Waals surface area contributed by atoms with E-state index >= 15 is 0 Å². The molecule has 1 aliphatic heterocycles. The summed E-state index contributed by atoms with van der Waals surface area (Å²) in [6, 6.07) is 6.86. The molecule has 0 unspecified atom stereocenters. The van der Waals surface area contributed by atoms with Gasteiger partial charge in [0.15, 0.2) is 0 Å². The van der Waals surface area contributed by atoms with Crippen molar-refractivity contribution >= 4 is 12.6 Å². The highest BCUT2D eigenvalue weighted by molar-refractivity contribution is 6.61. The Bertz CT molecular complexity index is 409. The molecule has 0 amide bonds. The lowest BCUT2D eigenvalue weighted by molar-refractivity contribution is 0.103. The Morgan fingerprint density at radius 2 is 1.81 bits per heavy atom. The molecule has 0 atom stereocenters. The number of benzene rings is 1. The lowest BCUT2D eigenvalue weighted by atomic mass is 9.76. The smallest absolute Gasteiger partial charge is 0.536 e. The molecular weight excluding hydrogens is 203 g/mol. The zero-order chi connectivity index (χ0) is 11.8. The van der Waals surface area contributed by atoms with Crippen molar-refractivity contribution in [3.8, 4) is 5.75 Å². The number of phenols is 1. The van der Waals surface area contributed by atoms with E-state index in [0.29, 0.717) is 0 Å². The third-order valence-corrected chi connectivity index (χ3v) is 2.42. The van der Waals surface area contributed by atoms with E-state index in [1.807, 2.05) is 26.8 Å². The van der Waals surface area contributed by atoms with Crippen LogP contribution in [-0.2, 0) is 9.31 Å². The molecule has 3 nitrogen and oxygen atoms in total. The molecule has 16 heavy (non-hydrogen) atoms. The number of rotatable bonds is 1. The molecule has 4 heteroatoms. The van der Waals surface area contributed by atoms with E-state index in [1.54, 1.807) is 24.3 Å². The first-order valence-corrected chi connectivity index (χ1v) is 5.29. The molecular formula is C12H15BO3. The van der Waals surface area contributed by atoms with Crippen molar-refractivity contribution in [2.45, 2.75) is 26.4 Å². The van der Waals surface area contributed by atoms with Crippen molar-refractivity contribution in [2.75, 3.05) is 0 Å². The van der Waals surface area contributed by atoms with Crippen LogP contribution in [0.15, 0.2) is 36.1 Å². The lowest BCUT2D eigenvalue weighted by Gasteiger charge is -2.32. The number of hydrogen-bond acceptors (Lipinski definition) is 3. The van der Waals surface area contributed by atoms with E-state index in [2.05, 4.69) is 0 Å². The normalized spacial score (nSPS) is 18.9. The zero-order valence-electron chi connectivity index (χ0n) is 9.73. The van der Waals surface area contributed by atoms with Gasteiger partial charge in [0.05, 0.1) is 11.4 Å². The fourth-order valence-electron chi connectivity index (χ4n) is 1.79. The van der Waals surface area contributed by atoms with Crippen LogP contribution < -0.4 is 5.46 Å². The molecule has 0 aromatic heterocycles.